The molecule has 1 aromatic heterocycles. The minimum Gasteiger partial charge on any atom is -0.497 e. The van der Waals surface area contributed by atoms with Crippen LogP contribution in [-0.2, 0) is 11.4 Å². The van der Waals surface area contributed by atoms with Crippen LogP contribution in [0, 0.1) is 19.8 Å². The normalized spacial score (nSPS) is 13.8. The molecule has 0 atom stereocenters. The summed E-state index contributed by atoms with van der Waals surface area (Å²) in [5.41, 5.74) is 7.36. The lowest BCUT2D eigenvalue weighted by Gasteiger charge is -2.30. The standard InChI is InChI=1S/C32H33N3O4/c1-21-4-11-30(39-20-26-6-5-25(19-22(26)2)23-7-9-27(38-3)10-8-23)28(18-21)29-12-15-33-32(34-29)35-16-13-24(14-17-35)31(36)37/h4-12,15,18-19,24H,13-14,16-17,20H2,1-3H3,(H,36,37). The zero-order valence-electron chi connectivity index (χ0n) is 22.6. The van der Waals surface area contributed by atoms with Crippen LogP contribution in [0.25, 0.3) is 22.4 Å². The van der Waals surface area contributed by atoms with Crippen molar-refractivity contribution in [3.8, 4) is 33.9 Å². The van der Waals surface area contributed by atoms with E-state index in [0.717, 1.165) is 50.6 Å². The topological polar surface area (TPSA) is 84.8 Å². The second kappa shape index (κ2) is 11.6. The molecule has 1 N–H and O–H groups in total. The van der Waals surface area contributed by atoms with Gasteiger partial charge in [0.2, 0.25) is 5.95 Å². The molecule has 0 spiro atoms. The summed E-state index contributed by atoms with van der Waals surface area (Å²) in [7, 11) is 1.67. The molecule has 0 saturated carbocycles. The van der Waals surface area contributed by atoms with Crippen molar-refractivity contribution < 1.29 is 19.4 Å². The zero-order valence-corrected chi connectivity index (χ0v) is 22.6. The van der Waals surface area contributed by atoms with Gasteiger partial charge in [0.25, 0.3) is 0 Å². The van der Waals surface area contributed by atoms with Gasteiger partial charge < -0.3 is 19.5 Å². The summed E-state index contributed by atoms with van der Waals surface area (Å²) in [6, 6.07) is 22.5. The molecule has 7 heteroatoms. The average molecular weight is 524 g/mol. The Kier molecular flexibility index (Phi) is 7.77. The van der Waals surface area contributed by atoms with Gasteiger partial charge in [-0.15, -0.1) is 0 Å². The lowest BCUT2D eigenvalue weighted by molar-refractivity contribution is -0.142. The van der Waals surface area contributed by atoms with E-state index in [1.807, 2.05) is 37.3 Å². The fourth-order valence-electron chi connectivity index (χ4n) is 4.92. The first-order valence-electron chi connectivity index (χ1n) is 13.2. The molecule has 0 radical (unpaired) electrons. The van der Waals surface area contributed by atoms with Crippen molar-refractivity contribution >= 4 is 11.9 Å². The second-order valence-corrected chi connectivity index (χ2v) is 10.00. The number of carboxylic acid groups (broad SMARTS) is 1. The van der Waals surface area contributed by atoms with E-state index in [4.69, 9.17) is 14.5 Å². The first kappa shape index (κ1) is 26.2. The van der Waals surface area contributed by atoms with Crippen molar-refractivity contribution in [2.75, 3.05) is 25.1 Å². The number of hydrogen-bond donors (Lipinski definition) is 1. The molecule has 0 aliphatic carbocycles. The third-order valence-corrected chi connectivity index (χ3v) is 7.33. The first-order chi connectivity index (χ1) is 18.9. The Hall–Kier alpha value is -4.39. The summed E-state index contributed by atoms with van der Waals surface area (Å²) in [4.78, 5) is 22.7. The molecule has 1 aliphatic heterocycles. The fraction of sp³-hybridized carbons (Fsp3) is 0.281. The van der Waals surface area contributed by atoms with E-state index in [0.29, 0.717) is 38.5 Å². The largest absolute Gasteiger partial charge is 0.497 e. The number of aliphatic carboxylic acids is 1. The number of methoxy groups -OCH3 is 1. The van der Waals surface area contributed by atoms with E-state index in [-0.39, 0.29) is 5.92 Å². The molecule has 200 valence electrons. The smallest absolute Gasteiger partial charge is 0.306 e. The number of ether oxygens (including phenoxy) is 2. The Morgan fingerprint density at radius 1 is 0.974 bits per heavy atom. The average Bonchev–Trinajstić information content (AvgIpc) is 2.97. The number of benzene rings is 3. The van der Waals surface area contributed by atoms with E-state index in [1.54, 1.807) is 13.3 Å². The van der Waals surface area contributed by atoms with Gasteiger partial charge in [0, 0.05) is 24.8 Å². The molecule has 3 aromatic carbocycles. The number of aromatic nitrogens is 2. The van der Waals surface area contributed by atoms with Crippen LogP contribution in [0.3, 0.4) is 0 Å². The molecule has 1 fully saturated rings. The van der Waals surface area contributed by atoms with Crippen molar-refractivity contribution in [2.45, 2.75) is 33.3 Å². The van der Waals surface area contributed by atoms with E-state index in [1.165, 1.54) is 0 Å². The maximum absolute atomic E-state index is 11.3. The summed E-state index contributed by atoms with van der Waals surface area (Å²) in [5, 5.41) is 9.31. The fourth-order valence-corrected chi connectivity index (χ4v) is 4.92. The predicted molar refractivity (Wildman–Crippen MR) is 152 cm³/mol. The highest BCUT2D eigenvalue weighted by Crippen LogP contribution is 2.32. The van der Waals surface area contributed by atoms with Gasteiger partial charge in [-0.1, -0.05) is 42.0 Å². The molecule has 7 nitrogen and oxygen atoms in total. The summed E-state index contributed by atoms with van der Waals surface area (Å²) in [6.07, 6.45) is 2.95. The number of hydrogen-bond acceptors (Lipinski definition) is 6. The molecule has 1 aliphatic rings. The molecule has 0 unspecified atom stereocenters. The maximum atomic E-state index is 11.3. The molecular weight excluding hydrogens is 490 g/mol. The van der Waals surface area contributed by atoms with Gasteiger partial charge in [0.05, 0.1) is 18.7 Å². The minimum atomic E-state index is -0.725. The van der Waals surface area contributed by atoms with Crippen LogP contribution < -0.4 is 14.4 Å². The highest BCUT2D eigenvalue weighted by molar-refractivity contribution is 5.71. The molecular formula is C32H33N3O4. The highest BCUT2D eigenvalue weighted by Gasteiger charge is 2.26. The number of rotatable bonds is 8. The van der Waals surface area contributed by atoms with Crippen LogP contribution in [-0.4, -0.2) is 41.2 Å². The predicted octanol–water partition coefficient (Wildman–Crippen LogP) is 6.32. The Morgan fingerprint density at radius 3 is 2.41 bits per heavy atom. The van der Waals surface area contributed by atoms with Crippen LogP contribution in [0.2, 0.25) is 0 Å². The third kappa shape index (κ3) is 6.03. The molecule has 0 bridgehead atoms. The number of piperidine rings is 1. The van der Waals surface area contributed by atoms with Gasteiger partial charge in [0.15, 0.2) is 0 Å². The Labute approximate surface area is 229 Å². The zero-order chi connectivity index (χ0) is 27.4. The molecule has 2 heterocycles. The number of carboxylic acids is 1. The molecule has 0 amide bonds. The van der Waals surface area contributed by atoms with Crippen molar-refractivity contribution in [3.05, 3.63) is 89.6 Å². The lowest BCUT2D eigenvalue weighted by atomic mass is 9.97. The lowest BCUT2D eigenvalue weighted by Crippen LogP contribution is -2.37. The van der Waals surface area contributed by atoms with Gasteiger partial charge in [-0.05, 0) is 79.3 Å². The van der Waals surface area contributed by atoms with Crippen molar-refractivity contribution in [1.82, 2.24) is 9.97 Å². The number of nitrogens with zero attached hydrogens (tertiary/aromatic N) is 3. The SMILES string of the molecule is COc1ccc(-c2ccc(COc3ccc(C)cc3-c3ccnc(N4CCC(C(=O)O)CC4)n3)c(C)c2)cc1. The monoisotopic (exact) mass is 523 g/mol. The Morgan fingerprint density at radius 2 is 1.72 bits per heavy atom. The Balaban J connectivity index is 1.33. The molecule has 39 heavy (non-hydrogen) atoms. The summed E-state index contributed by atoms with van der Waals surface area (Å²) < 4.78 is 11.6. The van der Waals surface area contributed by atoms with Crippen LogP contribution in [0.5, 0.6) is 11.5 Å². The van der Waals surface area contributed by atoms with Crippen LogP contribution in [0.1, 0.15) is 29.5 Å². The van der Waals surface area contributed by atoms with E-state index in [9.17, 15) is 9.90 Å². The number of aryl methyl sites for hydroxylation is 2. The maximum Gasteiger partial charge on any atom is 0.306 e. The number of anilines is 1. The minimum absolute atomic E-state index is 0.296. The van der Waals surface area contributed by atoms with Gasteiger partial charge in [-0.25, -0.2) is 9.97 Å². The number of carbonyl (C=O) groups is 1. The van der Waals surface area contributed by atoms with Crippen LogP contribution in [0.15, 0.2) is 72.9 Å². The van der Waals surface area contributed by atoms with E-state index < -0.39 is 5.97 Å². The molecule has 4 aromatic rings. The molecule has 1 saturated heterocycles. The van der Waals surface area contributed by atoms with Gasteiger partial charge in [0.1, 0.15) is 18.1 Å². The van der Waals surface area contributed by atoms with Crippen LogP contribution >= 0.6 is 0 Å². The van der Waals surface area contributed by atoms with Crippen molar-refractivity contribution in [2.24, 2.45) is 5.92 Å². The quantitative estimate of drug-likeness (QED) is 0.289. The van der Waals surface area contributed by atoms with Crippen molar-refractivity contribution in [3.63, 3.8) is 0 Å². The van der Waals surface area contributed by atoms with E-state index >= 15 is 0 Å². The van der Waals surface area contributed by atoms with Gasteiger partial charge in [-0.2, -0.15) is 0 Å². The highest BCUT2D eigenvalue weighted by atomic mass is 16.5. The van der Waals surface area contributed by atoms with Gasteiger partial charge >= 0.3 is 5.97 Å². The van der Waals surface area contributed by atoms with Gasteiger partial charge in [-0.3, -0.25) is 4.79 Å². The first-order valence-corrected chi connectivity index (χ1v) is 13.2. The van der Waals surface area contributed by atoms with E-state index in [2.05, 4.69) is 53.2 Å². The molecule has 5 rings (SSSR count). The Bertz CT molecular complexity index is 1460. The summed E-state index contributed by atoms with van der Waals surface area (Å²) in [5.74, 6) is 1.20. The second-order valence-electron chi connectivity index (χ2n) is 10.00. The summed E-state index contributed by atoms with van der Waals surface area (Å²) in [6.45, 7) is 5.85. The third-order valence-electron chi connectivity index (χ3n) is 7.33. The summed E-state index contributed by atoms with van der Waals surface area (Å²) >= 11 is 0. The van der Waals surface area contributed by atoms with Crippen LogP contribution in [0.4, 0.5) is 5.95 Å². The van der Waals surface area contributed by atoms with Crippen molar-refractivity contribution in [1.29, 1.82) is 0 Å².